The van der Waals surface area contributed by atoms with Gasteiger partial charge in [-0.3, -0.25) is 28.8 Å². The second kappa shape index (κ2) is 16.8. The molecule has 0 saturated heterocycles. The number of hydrogen-bond acceptors (Lipinski definition) is 0. The molecule has 7 heteroatoms. The van der Waals surface area contributed by atoms with Crippen LogP contribution in [0.4, 0.5) is 0 Å². The van der Waals surface area contributed by atoms with E-state index in [9.17, 15) is 28.8 Å². The minimum atomic E-state index is -0.251. The van der Waals surface area contributed by atoms with Gasteiger partial charge in [-0.1, -0.05) is 0 Å². The summed E-state index contributed by atoms with van der Waals surface area (Å²) in [5.74, 6) is 2.00. The molecule has 40 heavy (non-hydrogen) atoms. The molecule has 0 atom stereocenters. The molecule has 0 aromatic carbocycles. The molecule has 6 N–H and O–H groups in total. The van der Waals surface area contributed by atoms with Gasteiger partial charge in [-0.15, -0.1) is 0 Å². The van der Waals surface area contributed by atoms with Gasteiger partial charge in [0, 0.05) is 38.2 Å². The van der Waals surface area contributed by atoms with Crippen LogP contribution in [0.15, 0.2) is 0 Å². The SMILES string of the molecule is CC(C)(C)C(=[OH+])CC(=[OH+])C(C)(C)C.CC(C)(C)C(=[OH+])CC(=[OH+])C(C)(C)C.CC(C)(C)C(=[OH+])CC(=[OH+])C(C)(C)C.[Dy]. The smallest absolute Gasteiger partial charge is 0.282 e. The average molecular weight is 721 g/mol. The topological polar surface area (TPSA) is 128 Å². The Morgan fingerprint density at radius 2 is 0.350 bits per heavy atom. The molecular formula is C33H66DyO6+6. The Hall–Kier alpha value is -0.707. The summed E-state index contributed by atoms with van der Waals surface area (Å²) >= 11 is 0. The Morgan fingerprint density at radius 3 is 0.400 bits per heavy atom. The summed E-state index contributed by atoms with van der Waals surface area (Å²) < 4.78 is 0. The third kappa shape index (κ3) is 22.0. The standard InChI is InChI=1S/3C11H20O2.Dy/c3*1-10(2,3)8(12)7-9(13)11(4,5)6;/h3*7H2,1-6H3;/p+6. The molecule has 0 aliphatic carbocycles. The van der Waals surface area contributed by atoms with E-state index in [1.165, 1.54) is 0 Å². The fourth-order valence-corrected chi connectivity index (χ4v) is 2.07. The average Bonchev–Trinajstić information content (AvgIpc) is 2.64. The maximum atomic E-state index is 9.66. The molecule has 0 amide bonds. The summed E-state index contributed by atoms with van der Waals surface area (Å²) in [4.78, 5) is 57.9. The largest absolute Gasteiger partial charge is 0.311 e. The van der Waals surface area contributed by atoms with Crippen LogP contribution in [-0.4, -0.2) is 63.5 Å². The van der Waals surface area contributed by atoms with Crippen molar-refractivity contribution in [3.8, 4) is 0 Å². The second-order valence-electron chi connectivity index (χ2n) is 16.7. The molecule has 0 unspecified atom stereocenters. The fourth-order valence-electron chi connectivity index (χ4n) is 2.07. The van der Waals surface area contributed by atoms with E-state index in [0.717, 1.165) is 0 Å². The maximum absolute atomic E-state index is 9.66. The molecule has 0 aliphatic rings. The Kier molecular flexibility index (Phi) is 19.4. The normalized spacial score (nSPS) is 12.4. The number of carbonyl (C=O) groups excluding carboxylic acids is 6. The summed E-state index contributed by atoms with van der Waals surface area (Å²) in [5, 5.41) is 0. The van der Waals surface area contributed by atoms with Crippen LogP contribution in [0.2, 0.25) is 0 Å². The van der Waals surface area contributed by atoms with E-state index in [4.69, 9.17) is 0 Å². The quantitative estimate of drug-likeness (QED) is 0.197. The van der Waals surface area contributed by atoms with Crippen molar-refractivity contribution in [2.45, 2.75) is 144 Å². The first-order valence-corrected chi connectivity index (χ1v) is 14.0. The van der Waals surface area contributed by atoms with Crippen LogP contribution < -0.4 is 0 Å². The van der Waals surface area contributed by atoms with E-state index < -0.39 is 0 Å². The predicted octanol–water partition coefficient (Wildman–Crippen LogP) is 7.68. The first kappa shape index (κ1) is 46.3. The fraction of sp³-hybridized carbons (Fsp3) is 0.818. The van der Waals surface area contributed by atoms with Crippen LogP contribution >= 0.6 is 0 Å². The van der Waals surface area contributed by atoms with Crippen LogP contribution in [0.25, 0.3) is 0 Å². The summed E-state index contributed by atoms with van der Waals surface area (Å²) in [6.45, 7) is 34.7. The molecule has 0 bridgehead atoms. The Bertz CT molecular complexity index is 693. The molecule has 0 fully saturated rings. The zero-order valence-corrected chi connectivity index (χ0v) is 31.1. The zero-order chi connectivity index (χ0) is 32.6. The summed E-state index contributed by atoms with van der Waals surface area (Å²) in [5.41, 5.74) is -1.50. The van der Waals surface area contributed by atoms with Crippen LogP contribution in [0.1, 0.15) is 144 Å². The molecule has 6 nitrogen and oxygen atoms in total. The van der Waals surface area contributed by atoms with Crippen LogP contribution in [0.3, 0.4) is 0 Å². The predicted molar refractivity (Wildman–Crippen MR) is 172 cm³/mol. The number of ketones is 6. The van der Waals surface area contributed by atoms with Crippen molar-refractivity contribution in [1.29, 1.82) is 0 Å². The molecule has 0 aromatic heterocycles. The summed E-state index contributed by atoms with van der Waals surface area (Å²) in [7, 11) is 0. The van der Waals surface area contributed by atoms with E-state index in [0.29, 0.717) is 34.7 Å². The number of rotatable bonds is 6. The van der Waals surface area contributed by atoms with E-state index in [1.807, 2.05) is 125 Å². The molecule has 0 heterocycles. The van der Waals surface area contributed by atoms with Crippen molar-refractivity contribution in [2.24, 2.45) is 32.5 Å². The van der Waals surface area contributed by atoms with Gasteiger partial charge in [0.2, 0.25) is 0 Å². The van der Waals surface area contributed by atoms with Crippen molar-refractivity contribution in [2.75, 3.05) is 0 Å². The Balaban J connectivity index is -0.000000240. The van der Waals surface area contributed by atoms with Crippen molar-refractivity contribution >= 4 is 34.7 Å². The van der Waals surface area contributed by atoms with E-state index in [-0.39, 0.29) is 89.9 Å². The van der Waals surface area contributed by atoms with Crippen LogP contribution in [0, 0.1) is 70.7 Å². The van der Waals surface area contributed by atoms with E-state index in [2.05, 4.69) is 0 Å². The first-order chi connectivity index (χ1) is 16.6. The van der Waals surface area contributed by atoms with Gasteiger partial charge in [0.25, 0.3) is 0 Å². The molecule has 0 aliphatic heterocycles. The van der Waals surface area contributed by atoms with Gasteiger partial charge in [-0.25, -0.2) is 0 Å². The van der Waals surface area contributed by atoms with Gasteiger partial charge >= 0.3 is 34.7 Å². The molecule has 0 aromatic rings. The van der Waals surface area contributed by atoms with Crippen molar-refractivity contribution in [3.05, 3.63) is 0 Å². The van der Waals surface area contributed by atoms with Crippen molar-refractivity contribution < 1.29 is 66.9 Å². The maximum Gasteiger partial charge on any atom is 0.311 e. The molecule has 0 radical (unpaired) electrons. The summed E-state index contributed by atoms with van der Waals surface area (Å²) in [6.07, 6.45) is 0.854. The number of hydrogen-bond donors (Lipinski definition) is 0. The van der Waals surface area contributed by atoms with Crippen LogP contribution in [-0.2, 0) is 0 Å². The Morgan fingerprint density at radius 1 is 0.275 bits per heavy atom. The summed E-state index contributed by atoms with van der Waals surface area (Å²) in [6, 6.07) is 0. The first-order valence-electron chi connectivity index (χ1n) is 14.0. The Labute approximate surface area is 276 Å². The van der Waals surface area contributed by atoms with Crippen molar-refractivity contribution in [3.63, 3.8) is 0 Å². The monoisotopic (exact) mass is 722 g/mol. The minimum absolute atomic E-state index is 0. The zero-order valence-electron chi connectivity index (χ0n) is 29.1. The van der Waals surface area contributed by atoms with Crippen LogP contribution in [0.5, 0.6) is 0 Å². The van der Waals surface area contributed by atoms with Gasteiger partial charge in [0.1, 0.15) is 0 Å². The molecule has 238 valence electrons. The van der Waals surface area contributed by atoms with Gasteiger partial charge < -0.3 is 0 Å². The third-order valence-corrected chi connectivity index (χ3v) is 6.20. The van der Waals surface area contributed by atoms with Crippen molar-refractivity contribution in [1.82, 2.24) is 0 Å². The van der Waals surface area contributed by atoms with E-state index >= 15 is 0 Å². The molecule has 0 spiro atoms. The van der Waals surface area contributed by atoms with Gasteiger partial charge in [0.15, 0.2) is 19.3 Å². The molecular weight excluding hydrogens is 655 g/mol. The molecule has 0 rings (SSSR count). The van der Waals surface area contributed by atoms with Gasteiger partial charge in [-0.2, -0.15) is 0 Å². The third-order valence-electron chi connectivity index (χ3n) is 6.20. The van der Waals surface area contributed by atoms with Gasteiger partial charge in [-0.05, 0) is 125 Å². The van der Waals surface area contributed by atoms with Gasteiger partial charge in [0.05, 0.1) is 32.5 Å². The molecule has 0 saturated carbocycles. The second-order valence-corrected chi connectivity index (χ2v) is 16.7. The minimum Gasteiger partial charge on any atom is -0.282 e. The van der Waals surface area contributed by atoms with E-state index in [1.54, 1.807) is 0 Å².